The van der Waals surface area contributed by atoms with Gasteiger partial charge in [-0.15, -0.1) is 0 Å². The first-order valence-corrected chi connectivity index (χ1v) is 6.35. The molecule has 0 saturated carbocycles. The Balaban J connectivity index is 1.90. The van der Waals surface area contributed by atoms with Crippen molar-refractivity contribution < 1.29 is 13.9 Å². The number of halogens is 1. The molecule has 1 aliphatic heterocycles. The Bertz CT molecular complexity index is 459. The Kier molecular flexibility index (Phi) is 4.37. The number of benzene rings is 1. The molecule has 0 spiro atoms. The van der Waals surface area contributed by atoms with Crippen molar-refractivity contribution in [3.8, 4) is 5.75 Å². The number of carbonyl (C=O) groups is 1. The Morgan fingerprint density at radius 2 is 2.26 bits per heavy atom. The van der Waals surface area contributed by atoms with E-state index in [1.807, 2.05) is 30.0 Å². The fourth-order valence-electron chi connectivity index (χ4n) is 2.22. The largest absolute Gasteiger partial charge is 0.495 e. The normalized spacial score (nSPS) is 15.9. The summed E-state index contributed by atoms with van der Waals surface area (Å²) >= 11 is 0. The number of methoxy groups -OCH3 is 1. The fourth-order valence-corrected chi connectivity index (χ4v) is 2.22. The number of likely N-dealkylation sites (tertiary alicyclic amines) is 1. The summed E-state index contributed by atoms with van der Waals surface area (Å²) in [5, 5.41) is 2.83. The van der Waals surface area contributed by atoms with Gasteiger partial charge in [0, 0.05) is 19.0 Å². The van der Waals surface area contributed by atoms with E-state index in [1.165, 1.54) is 0 Å². The van der Waals surface area contributed by atoms with E-state index >= 15 is 0 Å². The number of carbonyl (C=O) groups excluding carboxylic acids is 1. The molecule has 104 valence electrons. The first-order valence-electron chi connectivity index (χ1n) is 6.35. The highest BCUT2D eigenvalue weighted by Gasteiger charge is 2.27. The second-order valence-electron chi connectivity index (χ2n) is 4.97. The highest BCUT2D eigenvalue weighted by molar-refractivity contribution is 5.93. The molecule has 19 heavy (non-hydrogen) atoms. The lowest BCUT2D eigenvalue weighted by Gasteiger charge is -2.37. The monoisotopic (exact) mass is 266 g/mol. The molecule has 0 radical (unpaired) electrons. The molecule has 1 N–H and O–H groups in total. The summed E-state index contributed by atoms with van der Waals surface area (Å²) in [5.74, 6) is 0.645. The van der Waals surface area contributed by atoms with E-state index in [9.17, 15) is 9.18 Å². The molecule has 0 aromatic heterocycles. The molecule has 5 heteroatoms. The first-order chi connectivity index (χ1) is 9.12. The fraction of sp³-hybridized carbons (Fsp3) is 0.500. The van der Waals surface area contributed by atoms with Gasteiger partial charge in [0.25, 0.3) is 0 Å². The molecule has 1 amide bonds. The Morgan fingerprint density at radius 3 is 2.89 bits per heavy atom. The Morgan fingerprint density at radius 1 is 1.53 bits per heavy atom. The predicted octanol–water partition coefficient (Wildman–Crippen LogP) is 1.84. The number of ether oxygens (including phenoxy) is 1. The van der Waals surface area contributed by atoms with Crippen molar-refractivity contribution in [1.82, 2.24) is 4.90 Å². The minimum Gasteiger partial charge on any atom is -0.495 e. The maximum absolute atomic E-state index is 12.3. The van der Waals surface area contributed by atoms with Crippen molar-refractivity contribution in [2.75, 3.05) is 38.7 Å². The van der Waals surface area contributed by atoms with Gasteiger partial charge in [0.15, 0.2) is 0 Å². The smallest absolute Gasteiger partial charge is 0.238 e. The van der Waals surface area contributed by atoms with Crippen molar-refractivity contribution in [2.24, 2.45) is 5.92 Å². The van der Waals surface area contributed by atoms with Gasteiger partial charge in [0.05, 0.1) is 26.0 Å². The lowest BCUT2D eigenvalue weighted by molar-refractivity contribution is -0.119. The van der Waals surface area contributed by atoms with Crippen LogP contribution in [0.2, 0.25) is 0 Å². The molecule has 2 rings (SSSR count). The summed E-state index contributed by atoms with van der Waals surface area (Å²) in [5.41, 5.74) is 1.73. The summed E-state index contributed by atoms with van der Waals surface area (Å²) in [7, 11) is 1.57. The molecule has 1 aromatic carbocycles. The summed E-state index contributed by atoms with van der Waals surface area (Å²) in [6.07, 6.45) is 0. The molecule has 1 heterocycles. The van der Waals surface area contributed by atoms with E-state index in [1.54, 1.807) is 7.11 Å². The number of hydrogen-bond acceptors (Lipinski definition) is 3. The maximum atomic E-state index is 12.3. The number of aryl methyl sites for hydroxylation is 1. The molecule has 1 aromatic rings. The van der Waals surface area contributed by atoms with Gasteiger partial charge in [0.2, 0.25) is 5.91 Å². The SMILES string of the molecule is COc1ccc(C)cc1NC(=O)CN1CC(CF)C1. The van der Waals surface area contributed by atoms with Crippen LogP contribution in [0.5, 0.6) is 5.75 Å². The molecule has 4 nitrogen and oxygen atoms in total. The van der Waals surface area contributed by atoms with Crippen LogP contribution >= 0.6 is 0 Å². The van der Waals surface area contributed by atoms with Gasteiger partial charge in [-0.25, -0.2) is 0 Å². The van der Waals surface area contributed by atoms with Crippen LogP contribution in [-0.2, 0) is 4.79 Å². The third-order valence-electron chi connectivity index (χ3n) is 3.25. The zero-order chi connectivity index (χ0) is 13.8. The van der Waals surface area contributed by atoms with Crippen LogP contribution in [0.3, 0.4) is 0 Å². The number of rotatable bonds is 5. The van der Waals surface area contributed by atoms with Gasteiger partial charge < -0.3 is 10.1 Å². The molecule has 0 unspecified atom stereocenters. The van der Waals surface area contributed by atoms with E-state index in [2.05, 4.69) is 5.32 Å². The second-order valence-corrected chi connectivity index (χ2v) is 4.97. The summed E-state index contributed by atoms with van der Waals surface area (Å²) in [6, 6.07) is 5.63. The number of alkyl halides is 1. The zero-order valence-electron chi connectivity index (χ0n) is 11.3. The molecule has 0 aliphatic carbocycles. The van der Waals surface area contributed by atoms with Crippen molar-refractivity contribution in [3.05, 3.63) is 23.8 Å². The van der Waals surface area contributed by atoms with E-state index < -0.39 is 0 Å². The Hall–Kier alpha value is -1.62. The van der Waals surface area contributed by atoms with E-state index in [0.717, 1.165) is 5.56 Å². The minimum atomic E-state index is -0.302. The van der Waals surface area contributed by atoms with E-state index in [0.29, 0.717) is 31.1 Å². The van der Waals surface area contributed by atoms with Crippen LogP contribution in [0.4, 0.5) is 10.1 Å². The summed E-state index contributed by atoms with van der Waals surface area (Å²) in [4.78, 5) is 13.8. The second kappa shape index (κ2) is 6.02. The van der Waals surface area contributed by atoms with Crippen molar-refractivity contribution in [3.63, 3.8) is 0 Å². The van der Waals surface area contributed by atoms with Gasteiger partial charge in [-0.05, 0) is 24.6 Å². The van der Waals surface area contributed by atoms with Gasteiger partial charge >= 0.3 is 0 Å². The maximum Gasteiger partial charge on any atom is 0.238 e. The highest BCUT2D eigenvalue weighted by atomic mass is 19.1. The van der Waals surface area contributed by atoms with Gasteiger partial charge in [0.1, 0.15) is 5.75 Å². The molecule has 0 atom stereocenters. The quantitative estimate of drug-likeness (QED) is 0.884. The third-order valence-corrected chi connectivity index (χ3v) is 3.25. The standard InChI is InChI=1S/C14H19FN2O2/c1-10-3-4-13(19-2)12(5-10)16-14(18)9-17-7-11(6-15)8-17/h3-5,11H,6-9H2,1-2H3,(H,16,18). The molecule has 1 saturated heterocycles. The first kappa shape index (κ1) is 13.8. The van der Waals surface area contributed by atoms with E-state index in [4.69, 9.17) is 4.74 Å². The molecular formula is C14H19FN2O2. The van der Waals surface area contributed by atoms with Gasteiger partial charge in [-0.2, -0.15) is 0 Å². The number of amides is 1. The van der Waals surface area contributed by atoms with Crippen molar-refractivity contribution in [2.45, 2.75) is 6.92 Å². The number of nitrogens with one attached hydrogen (secondary N) is 1. The third kappa shape index (κ3) is 3.44. The van der Waals surface area contributed by atoms with Crippen LogP contribution in [0.1, 0.15) is 5.56 Å². The van der Waals surface area contributed by atoms with Crippen LogP contribution < -0.4 is 10.1 Å². The van der Waals surface area contributed by atoms with E-state index in [-0.39, 0.29) is 18.5 Å². The molecule has 0 bridgehead atoms. The number of hydrogen-bond donors (Lipinski definition) is 1. The lowest BCUT2D eigenvalue weighted by atomic mass is 10.0. The van der Waals surface area contributed by atoms with Crippen LogP contribution in [0.15, 0.2) is 18.2 Å². The number of anilines is 1. The number of nitrogens with zero attached hydrogens (tertiary/aromatic N) is 1. The molecule has 1 aliphatic rings. The van der Waals surface area contributed by atoms with Crippen LogP contribution in [0.25, 0.3) is 0 Å². The molecule has 1 fully saturated rings. The van der Waals surface area contributed by atoms with Gasteiger partial charge in [-0.1, -0.05) is 6.07 Å². The average Bonchev–Trinajstić information content (AvgIpc) is 2.33. The summed E-state index contributed by atoms with van der Waals surface area (Å²) < 4.78 is 17.5. The minimum absolute atomic E-state index is 0.0961. The lowest BCUT2D eigenvalue weighted by Crippen LogP contribution is -2.50. The summed E-state index contributed by atoms with van der Waals surface area (Å²) in [6.45, 7) is 3.28. The highest BCUT2D eigenvalue weighted by Crippen LogP contribution is 2.25. The predicted molar refractivity (Wildman–Crippen MR) is 72.3 cm³/mol. The van der Waals surface area contributed by atoms with Crippen molar-refractivity contribution >= 4 is 11.6 Å². The average molecular weight is 266 g/mol. The van der Waals surface area contributed by atoms with Gasteiger partial charge in [-0.3, -0.25) is 14.1 Å². The topological polar surface area (TPSA) is 41.6 Å². The van der Waals surface area contributed by atoms with Crippen LogP contribution in [0, 0.1) is 12.8 Å². The zero-order valence-corrected chi connectivity index (χ0v) is 11.3. The van der Waals surface area contributed by atoms with Crippen LogP contribution in [-0.4, -0.2) is 44.2 Å². The van der Waals surface area contributed by atoms with Crippen molar-refractivity contribution in [1.29, 1.82) is 0 Å². The Labute approximate surface area is 112 Å². The molecular weight excluding hydrogens is 247 g/mol.